The minimum atomic E-state index is -3.46. The third-order valence-electron chi connectivity index (χ3n) is 3.21. The van der Waals surface area contributed by atoms with Gasteiger partial charge in [0.1, 0.15) is 0 Å². The van der Waals surface area contributed by atoms with Crippen LogP contribution >= 0.6 is 0 Å². The van der Waals surface area contributed by atoms with Gasteiger partial charge in [0.25, 0.3) is 0 Å². The molecule has 0 heterocycles. The summed E-state index contributed by atoms with van der Waals surface area (Å²) in [6.07, 6.45) is 0. The smallest absolute Gasteiger partial charge is 0.243 e. The summed E-state index contributed by atoms with van der Waals surface area (Å²) in [5, 5.41) is 3.23. The lowest BCUT2D eigenvalue weighted by atomic mass is 9.97. The van der Waals surface area contributed by atoms with Crippen LogP contribution in [0.3, 0.4) is 0 Å². The van der Waals surface area contributed by atoms with Gasteiger partial charge in [-0.2, -0.15) is 0 Å². The van der Waals surface area contributed by atoms with Gasteiger partial charge in [-0.1, -0.05) is 20.8 Å². The summed E-state index contributed by atoms with van der Waals surface area (Å²) in [7, 11) is -1.81. The van der Waals surface area contributed by atoms with Crippen LogP contribution in [0.1, 0.15) is 38.8 Å². The zero-order valence-corrected chi connectivity index (χ0v) is 15.1. The predicted molar refractivity (Wildman–Crippen MR) is 89.4 cm³/mol. The van der Waals surface area contributed by atoms with Crippen molar-refractivity contribution in [1.82, 2.24) is 4.31 Å². The fourth-order valence-electron chi connectivity index (χ4n) is 2.57. The number of hydrogen-bond acceptors (Lipinski definition) is 3. The number of nitrogens with one attached hydrogen (secondary N) is 1. The Balaban J connectivity index is 3.26. The molecule has 120 valence electrons. The van der Waals surface area contributed by atoms with Crippen molar-refractivity contribution in [3.05, 3.63) is 23.3 Å². The standard InChI is InChI=1S/C16H28N2O2S/c1-8-17-14-9-12(2)15(13(3)10-14)21(19,20)18(7)11-16(4,5)6/h9-10,17H,8,11H2,1-7H3. The Morgan fingerprint density at radius 2 is 1.62 bits per heavy atom. The number of anilines is 1. The topological polar surface area (TPSA) is 49.4 Å². The van der Waals surface area contributed by atoms with Gasteiger partial charge in [0.2, 0.25) is 10.0 Å². The van der Waals surface area contributed by atoms with Gasteiger partial charge in [-0.25, -0.2) is 12.7 Å². The van der Waals surface area contributed by atoms with E-state index in [0.717, 1.165) is 23.4 Å². The molecule has 0 fully saturated rings. The quantitative estimate of drug-likeness (QED) is 0.906. The van der Waals surface area contributed by atoms with E-state index in [1.807, 2.05) is 53.7 Å². The van der Waals surface area contributed by atoms with Crippen LogP contribution in [0.25, 0.3) is 0 Å². The van der Waals surface area contributed by atoms with Crippen molar-refractivity contribution in [2.75, 3.05) is 25.5 Å². The highest BCUT2D eigenvalue weighted by atomic mass is 32.2. The lowest BCUT2D eigenvalue weighted by molar-refractivity contribution is 0.310. The van der Waals surface area contributed by atoms with E-state index in [1.54, 1.807) is 7.05 Å². The van der Waals surface area contributed by atoms with Crippen LogP contribution in [-0.2, 0) is 10.0 Å². The molecule has 0 spiro atoms. The van der Waals surface area contributed by atoms with Crippen molar-refractivity contribution >= 4 is 15.7 Å². The minimum absolute atomic E-state index is 0.0761. The average Bonchev–Trinajstić information content (AvgIpc) is 2.25. The molecule has 0 unspecified atom stereocenters. The van der Waals surface area contributed by atoms with E-state index in [0.29, 0.717) is 11.4 Å². The van der Waals surface area contributed by atoms with E-state index in [4.69, 9.17) is 0 Å². The second-order valence-corrected chi connectivity index (χ2v) is 8.77. The molecule has 0 atom stereocenters. The maximum absolute atomic E-state index is 12.8. The fraction of sp³-hybridized carbons (Fsp3) is 0.625. The zero-order chi connectivity index (χ0) is 16.4. The Hall–Kier alpha value is -1.07. The summed E-state index contributed by atoms with van der Waals surface area (Å²) in [5.41, 5.74) is 2.45. The zero-order valence-electron chi connectivity index (χ0n) is 14.2. The Bertz CT molecular complexity index is 578. The van der Waals surface area contributed by atoms with E-state index >= 15 is 0 Å². The Morgan fingerprint density at radius 1 is 1.14 bits per heavy atom. The Labute approximate surface area is 129 Å². The van der Waals surface area contributed by atoms with Gasteiger partial charge < -0.3 is 5.32 Å². The first kappa shape index (κ1) is 18.0. The maximum atomic E-state index is 12.8. The molecule has 0 aliphatic heterocycles. The van der Waals surface area contributed by atoms with E-state index < -0.39 is 10.0 Å². The second kappa shape index (κ2) is 6.36. The van der Waals surface area contributed by atoms with Crippen molar-refractivity contribution < 1.29 is 8.42 Å². The minimum Gasteiger partial charge on any atom is -0.385 e. The van der Waals surface area contributed by atoms with Crippen molar-refractivity contribution in [1.29, 1.82) is 0 Å². The van der Waals surface area contributed by atoms with Crippen LogP contribution in [0.4, 0.5) is 5.69 Å². The molecule has 1 rings (SSSR count). The second-order valence-electron chi connectivity index (χ2n) is 6.79. The van der Waals surface area contributed by atoms with Gasteiger partial charge in [-0.15, -0.1) is 0 Å². The van der Waals surface area contributed by atoms with Crippen LogP contribution < -0.4 is 5.32 Å². The third-order valence-corrected chi connectivity index (χ3v) is 5.32. The molecule has 1 aromatic carbocycles. The molecule has 0 radical (unpaired) electrons. The first-order valence-electron chi connectivity index (χ1n) is 7.30. The number of aryl methyl sites for hydroxylation is 2. The monoisotopic (exact) mass is 312 g/mol. The molecule has 0 bridgehead atoms. The third kappa shape index (κ3) is 4.45. The van der Waals surface area contributed by atoms with Crippen LogP contribution in [0, 0.1) is 19.3 Å². The number of rotatable bonds is 5. The highest BCUT2D eigenvalue weighted by molar-refractivity contribution is 7.89. The molecular formula is C16H28N2O2S. The molecule has 0 aliphatic carbocycles. The number of benzene rings is 1. The molecule has 5 heteroatoms. The van der Waals surface area contributed by atoms with Crippen LogP contribution in [-0.4, -0.2) is 32.9 Å². The van der Waals surface area contributed by atoms with Crippen molar-refractivity contribution in [3.8, 4) is 0 Å². The summed E-state index contributed by atoms with van der Waals surface area (Å²) in [6, 6.07) is 3.79. The molecule has 0 aromatic heterocycles. The van der Waals surface area contributed by atoms with Gasteiger partial charge in [-0.3, -0.25) is 0 Å². The summed E-state index contributed by atoms with van der Waals surface area (Å²) >= 11 is 0. The van der Waals surface area contributed by atoms with Crippen molar-refractivity contribution in [2.45, 2.75) is 46.4 Å². The Morgan fingerprint density at radius 3 is 2.00 bits per heavy atom. The van der Waals surface area contributed by atoms with E-state index in [2.05, 4.69) is 5.32 Å². The predicted octanol–water partition coefficient (Wildman–Crippen LogP) is 3.40. The van der Waals surface area contributed by atoms with Crippen molar-refractivity contribution in [3.63, 3.8) is 0 Å². The summed E-state index contributed by atoms with van der Waals surface area (Å²) in [6.45, 7) is 13.1. The number of nitrogens with zero attached hydrogens (tertiary/aromatic N) is 1. The lowest BCUT2D eigenvalue weighted by Crippen LogP contribution is -2.35. The van der Waals surface area contributed by atoms with Gasteiger partial charge in [0.15, 0.2) is 0 Å². The summed E-state index contributed by atoms with van der Waals surface area (Å²) < 4.78 is 27.1. The Kier molecular flexibility index (Phi) is 5.45. The SMILES string of the molecule is CCNc1cc(C)c(S(=O)(=O)N(C)CC(C)(C)C)c(C)c1. The molecule has 4 nitrogen and oxygen atoms in total. The first-order chi connectivity index (χ1) is 9.49. The molecule has 1 N–H and O–H groups in total. The number of hydrogen-bond donors (Lipinski definition) is 1. The fourth-order valence-corrected chi connectivity index (χ4v) is 4.37. The highest BCUT2D eigenvalue weighted by Gasteiger charge is 2.28. The van der Waals surface area contributed by atoms with Gasteiger partial charge >= 0.3 is 0 Å². The molecular weight excluding hydrogens is 284 g/mol. The van der Waals surface area contributed by atoms with Crippen LogP contribution in [0.5, 0.6) is 0 Å². The lowest BCUT2D eigenvalue weighted by Gasteiger charge is -2.27. The highest BCUT2D eigenvalue weighted by Crippen LogP contribution is 2.28. The van der Waals surface area contributed by atoms with Gasteiger partial charge in [-0.05, 0) is 49.4 Å². The molecule has 0 amide bonds. The van der Waals surface area contributed by atoms with E-state index in [9.17, 15) is 8.42 Å². The first-order valence-corrected chi connectivity index (χ1v) is 8.74. The van der Waals surface area contributed by atoms with Crippen LogP contribution in [0.15, 0.2) is 17.0 Å². The summed E-state index contributed by atoms with van der Waals surface area (Å²) in [4.78, 5) is 0.427. The molecule has 0 saturated carbocycles. The van der Waals surface area contributed by atoms with Gasteiger partial charge in [0, 0.05) is 25.8 Å². The summed E-state index contributed by atoms with van der Waals surface area (Å²) in [5.74, 6) is 0. The molecule has 21 heavy (non-hydrogen) atoms. The van der Waals surface area contributed by atoms with E-state index in [-0.39, 0.29) is 5.41 Å². The van der Waals surface area contributed by atoms with E-state index in [1.165, 1.54) is 4.31 Å². The van der Waals surface area contributed by atoms with Crippen LogP contribution in [0.2, 0.25) is 0 Å². The molecule has 0 aliphatic rings. The largest absolute Gasteiger partial charge is 0.385 e. The maximum Gasteiger partial charge on any atom is 0.243 e. The van der Waals surface area contributed by atoms with Gasteiger partial charge in [0.05, 0.1) is 4.90 Å². The molecule has 0 saturated heterocycles. The molecule has 1 aromatic rings. The number of sulfonamides is 1. The average molecular weight is 312 g/mol. The van der Waals surface area contributed by atoms with Crippen molar-refractivity contribution in [2.24, 2.45) is 5.41 Å². The normalized spacial score (nSPS) is 12.8.